The van der Waals surface area contributed by atoms with Crippen LogP contribution in [0.3, 0.4) is 0 Å². The van der Waals surface area contributed by atoms with E-state index in [4.69, 9.17) is 11.6 Å². The van der Waals surface area contributed by atoms with Crippen molar-refractivity contribution in [3.05, 3.63) is 74.8 Å². The third-order valence-corrected chi connectivity index (χ3v) is 5.16. The lowest BCUT2D eigenvalue weighted by Gasteiger charge is -2.19. The highest BCUT2D eigenvalue weighted by Gasteiger charge is 2.40. The summed E-state index contributed by atoms with van der Waals surface area (Å²) in [6.07, 6.45) is -2.68. The van der Waals surface area contributed by atoms with Gasteiger partial charge in [-0.25, -0.2) is 4.39 Å². The number of halogens is 5. The number of hydrogen-bond acceptors (Lipinski definition) is 2. The molecular weight excluding hydrogens is 408 g/mol. The molecule has 0 heterocycles. The van der Waals surface area contributed by atoms with E-state index in [0.717, 1.165) is 0 Å². The van der Waals surface area contributed by atoms with Gasteiger partial charge in [-0.15, -0.1) is 0 Å². The van der Waals surface area contributed by atoms with Gasteiger partial charge in [0.15, 0.2) is 0 Å². The van der Waals surface area contributed by atoms with Gasteiger partial charge in [0.1, 0.15) is 24.3 Å². The van der Waals surface area contributed by atoms with Crippen molar-refractivity contribution in [1.82, 2.24) is 0 Å². The zero-order valence-corrected chi connectivity index (χ0v) is 16.6. The molecule has 0 bridgehead atoms. The molecule has 0 saturated heterocycles. The first-order chi connectivity index (χ1) is 13.6. The lowest BCUT2D eigenvalue weighted by molar-refractivity contribution is -0.139. The Bertz CT molecular complexity index is 925. The van der Waals surface area contributed by atoms with E-state index in [2.05, 4.69) is 0 Å². The monoisotopic (exact) mass is 426 g/mol. The summed E-state index contributed by atoms with van der Waals surface area (Å²) in [4.78, 5) is 21.7. The number of allylic oxidation sites excluding steroid dienone is 1. The Balaban J connectivity index is 2.52. The lowest BCUT2D eigenvalue weighted by atomic mass is 9.93. The molecule has 7 heteroatoms. The molecule has 2 aromatic rings. The smallest absolute Gasteiger partial charge is 0.303 e. The molecule has 0 aliphatic heterocycles. The normalized spacial score (nSPS) is 13.3. The number of alkyl halides is 3. The first kappa shape index (κ1) is 22.8. The lowest BCUT2D eigenvalue weighted by Crippen LogP contribution is -2.19. The third kappa shape index (κ3) is 5.54. The van der Waals surface area contributed by atoms with Gasteiger partial charge in [0.05, 0.1) is 0 Å². The maximum atomic E-state index is 14.8. The summed E-state index contributed by atoms with van der Waals surface area (Å²) < 4.78 is 55.8. The summed E-state index contributed by atoms with van der Waals surface area (Å²) in [5.41, 5.74) is 1.40. The average molecular weight is 427 g/mol. The minimum absolute atomic E-state index is 0.0897. The van der Waals surface area contributed by atoms with Crippen LogP contribution in [0.2, 0.25) is 5.02 Å². The second-order valence-electron chi connectivity index (χ2n) is 6.74. The van der Waals surface area contributed by atoms with Crippen molar-refractivity contribution in [3.63, 3.8) is 0 Å². The predicted octanol–water partition coefficient (Wildman–Crippen LogP) is 6.56. The Hall–Kier alpha value is -2.47. The maximum Gasteiger partial charge on any atom is 0.399 e. The van der Waals surface area contributed by atoms with Crippen LogP contribution in [0.1, 0.15) is 50.5 Å². The van der Waals surface area contributed by atoms with Crippen LogP contribution in [0.5, 0.6) is 0 Å². The zero-order valence-electron chi connectivity index (χ0n) is 15.8. The number of aldehydes is 2. The highest BCUT2D eigenvalue weighted by atomic mass is 35.5. The third-order valence-electron chi connectivity index (χ3n) is 4.56. The van der Waals surface area contributed by atoms with Gasteiger partial charge >= 0.3 is 6.18 Å². The summed E-state index contributed by atoms with van der Waals surface area (Å²) >= 11 is 6.03. The van der Waals surface area contributed by atoms with Gasteiger partial charge in [0, 0.05) is 22.6 Å². The van der Waals surface area contributed by atoms with Crippen LogP contribution in [-0.2, 0) is 11.2 Å². The van der Waals surface area contributed by atoms with E-state index in [1.807, 2.05) is 0 Å². The number of carbonyl (C=O) groups excluding carboxylic acids is 2. The van der Waals surface area contributed by atoms with Gasteiger partial charge in [-0.05, 0) is 54.7 Å². The molecule has 2 nitrogen and oxygen atoms in total. The van der Waals surface area contributed by atoms with Gasteiger partial charge in [-0.3, -0.25) is 4.79 Å². The Morgan fingerprint density at radius 1 is 1.10 bits per heavy atom. The fourth-order valence-electron chi connectivity index (χ4n) is 3.08. The SMILES string of the molecule is Cc1cc(C(/C=C(\F)c2ccc(C=O)c(CCC=O)c2)C(F)(F)F)cc(C)c1Cl. The molecule has 2 aromatic carbocycles. The van der Waals surface area contributed by atoms with Gasteiger partial charge in [-0.1, -0.05) is 35.9 Å². The van der Waals surface area contributed by atoms with Gasteiger partial charge in [-0.2, -0.15) is 13.2 Å². The second kappa shape index (κ2) is 9.35. The van der Waals surface area contributed by atoms with E-state index in [1.165, 1.54) is 30.3 Å². The number of benzene rings is 2. The Morgan fingerprint density at radius 2 is 1.72 bits per heavy atom. The van der Waals surface area contributed by atoms with Crippen molar-refractivity contribution in [1.29, 1.82) is 0 Å². The predicted molar refractivity (Wildman–Crippen MR) is 105 cm³/mol. The Kier molecular flexibility index (Phi) is 7.36. The number of carbonyl (C=O) groups is 2. The van der Waals surface area contributed by atoms with Crippen LogP contribution >= 0.6 is 11.6 Å². The molecule has 2 rings (SSSR count). The molecule has 0 N–H and O–H groups in total. The molecule has 1 unspecified atom stereocenters. The fraction of sp³-hybridized carbons (Fsp3) is 0.273. The quantitative estimate of drug-likeness (QED) is 0.371. The second-order valence-corrected chi connectivity index (χ2v) is 7.12. The molecule has 29 heavy (non-hydrogen) atoms. The van der Waals surface area contributed by atoms with E-state index < -0.39 is 17.9 Å². The van der Waals surface area contributed by atoms with E-state index in [1.54, 1.807) is 13.8 Å². The van der Waals surface area contributed by atoms with Gasteiger partial charge < -0.3 is 4.79 Å². The molecule has 0 amide bonds. The standard InChI is InChI=1S/C22H19ClF4O2/c1-13-8-18(9-14(2)21(13)23)19(22(25,26)27)11-20(24)16-5-6-17(12-29)15(10-16)4-3-7-28/h5-12,19H,3-4H2,1-2H3/b20-11-. The highest BCUT2D eigenvalue weighted by Crippen LogP contribution is 2.40. The summed E-state index contributed by atoms with van der Waals surface area (Å²) in [7, 11) is 0. The molecular formula is C22H19ClF4O2. The summed E-state index contributed by atoms with van der Waals surface area (Å²) in [6.45, 7) is 3.17. The number of hydrogen-bond donors (Lipinski definition) is 0. The highest BCUT2D eigenvalue weighted by molar-refractivity contribution is 6.32. The first-order valence-electron chi connectivity index (χ1n) is 8.81. The van der Waals surface area contributed by atoms with Crippen LogP contribution < -0.4 is 0 Å². The molecule has 0 fully saturated rings. The van der Waals surface area contributed by atoms with Crippen molar-refractivity contribution in [3.8, 4) is 0 Å². The molecule has 0 spiro atoms. The van der Waals surface area contributed by atoms with Crippen LogP contribution in [0.25, 0.3) is 5.83 Å². The van der Waals surface area contributed by atoms with Crippen LogP contribution in [-0.4, -0.2) is 18.7 Å². The number of rotatable bonds is 7. The van der Waals surface area contributed by atoms with E-state index in [-0.39, 0.29) is 29.5 Å². The van der Waals surface area contributed by atoms with Crippen LogP contribution in [0.15, 0.2) is 36.4 Å². The van der Waals surface area contributed by atoms with Crippen molar-refractivity contribution in [2.75, 3.05) is 0 Å². The molecule has 0 radical (unpaired) electrons. The first-order valence-corrected chi connectivity index (χ1v) is 9.19. The molecule has 154 valence electrons. The summed E-state index contributed by atoms with van der Waals surface area (Å²) in [5.74, 6) is -3.23. The largest absolute Gasteiger partial charge is 0.399 e. The van der Waals surface area contributed by atoms with E-state index in [0.29, 0.717) is 40.4 Å². The minimum Gasteiger partial charge on any atom is -0.303 e. The average Bonchev–Trinajstić information content (AvgIpc) is 2.66. The zero-order chi connectivity index (χ0) is 21.8. The van der Waals surface area contributed by atoms with Crippen molar-refractivity contribution >= 4 is 30.0 Å². The van der Waals surface area contributed by atoms with Crippen molar-refractivity contribution < 1.29 is 27.2 Å². The van der Waals surface area contributed by atoms with E-state index in [9.17, 15) is 27.2 Å². The topological polar surface area (TPSA) is 34.1 Å². The summed E-state index contributed by atoms with van der Waals surface area (Å²) in [5, 5.41) is 0.364. The molecule has 0 aromatic heterocycles. The van der Waals surface area contributed by atoms with Gasteiger partial charge in [0.2, 0.25) is 0 Å². The van der Waals surface area contributed by atoms with E-state index >= 15 is 0 Å². The molecule has 0 aliphatic carbocycles. The van der Waals surface area contributed by atoms with Crippen molar-refractivity contribution in [2.24, 2.45) is 0 Å². The summed E-state index contributed by atoms with van der Waals surface area (Å²) in [6, 6.07) is 6.45. The molecule has 0 aliphatic rings. The maximum absolute atomic E-state index is 14.8. The van der Waals surface area contributed by atoms with Crippen molar-refractivity contribution in [2.45, 2.75) is 38.8 Å². The molecule has 1 atom stereocenters. The fourth-order valence-corrected chi connectivity index (χ4v) is 3.19. The molecule has 0 saturated carbocycles. The Morgan fingerprint density at radius 3 is 2.24 bits per heavy atom. The minimum atomic E-state index is -4.72. The van der Waals surface area contributed by atoms with Gasteiger partial charge in [0.25, 0.3) is 0 Å². The number of aryl methyl sites for hydroxylation is 3. The Labute approximate surface area is 171 Å². The van der Waals surface area contributed by atoms with Crippen LogP contribution in [0.4, 0.5) is 17.6 Å². The van der Waals surface area contributed by atoms with Crippen LogP contribution in [0, 0.1) is 13.8 Å².